The Kier molecular flexibility index (Phi) is 4.36. The van der Waals surface area contributed by atoms with Crippen LogP contribution in [0.5, 0.6) is 5.75 Å². The third-order valence-electron chi connectivity index (χ3n) is 5.71. The summed E-state index contributed by atoms with van der Waals surface area (Å²) in [5, 5.41) is 3.72. The lowest BCUT2D eigenvalue weighted by molar-refractivity contribution is 0.0544. The van der Waals surface area contributed by atoms with Gasteiger partial charge >= 0.3 is 0 Å². The van der Waals surface area contributed by atoms with Crippen LogP contribution in [0.4, 0.5) is 0 Å². The van der Waals surface area contributed by atoms with Gasteiger partial charge in [0, 0.05) is 20.6 Å². The van der Waals surface area contributed by atoms with Crippen molar-refractivity contribution in [1.29, 1.82) is 0 Å². The fourth-order valence-corrected chi connectivity index (χ4v) is 5.13. The number of nitrogens with one attached hydrogen (secondary N) is 1. The molecule has 0 saturated carbocycles. The molecule has 2 atom stereocenters. The Balaban J connectivity index is 0.00000147. The number of ether oxygens (including phenoxy) is 1. The monoisotopic (exact) mass is 407 g/mol. The molecule has 0 radical (unpaired) electrons. The van der Waals surface area contributed by atoms with E-state index >= 15 is 0 Å². The minimum Gasteiger partial charge on any atom is -0.496 e. The van der Waals surface area contributed by atoms with Crippen molar-refractivity contribution in [1.82, 2.24) is 5.32 Å². The Bertz CT molecular complexity index is 531. The highest BCUT2D eigenvalue weighted by Crippen LogP contribution is 2.56. The maximum atomic E-state index is 5.61. The summed E-state index contributed by atoms with van der Waals surface area (Å²) in [6.07, 6.45) is 2.28. The van der Waals surface area contributed by atoms with E-state index in [1.807, 2.05) is 0 Å². The number of fused-ring (bicyclic) bond motifs is 4. The number of halogens is 2. The summed E-state index contributed by atoms with van der Waals surface area (Å²) in [5.41, 5.74) is 3.48. The molecule has 1 fully saturated rings. The molecule has 112 valence electrons. The third-order valence-corrected chi connectivity index (χ3v) is 6.61. The topological polar surface area (TPSA) is 21.3 Å². The molecule has 1 saturated heterocycles. The van der Waals surface area contributed by atoms with Crippen molar-refractivity contribution < 1.29 is 4.74 Å². The zero-order valence-corrected chi connectivity index (χ0v) is 15.5. The summed E-state index contributed by atoms with van der Waals surface area (Å²) >= 11 is 2.50. The van der Waals surface area contributed by atoms with Crippen LogP contribution in [0.25, 0.3) is 0 Å². The Morgan fingerprint density at radius 2 is 2.00 bits per heavy atom. The van der Waals surface area contributed by atoms with Gasteiger partial charge in [-0.25, -0.2) is 0 Å². The van der Waals surface area contributed by atoms with Crippen LogP contribution in [0.1, 0.15) is 38.3 Å². The van der Waals surface area contributed by atoms with Crippen molar-refractivity contribution >= 4 is 35.0 Å². The van der Waals surface area contributed by atoms with E-state index in [-0.39, 0.29) is 23.2 Å². The average Bonchev–Trinajstić information content (AvgIpc) is 2.33. The fourth-order valence-electron chi connectivity index (χ4n) is 4.03. The van der Waals surface area contributed by atoms with Gasteiger partial charge in [0.15, 0.2) is 0 Å². The minimum atomic E-state index is 0. The van der Waals surface area contributed by atoms with Crippen LogP contribution < -0.4 is 10.1 Å². The number of benzene rings is 1. The normalized spacial score (nSPS) is 30.1. The van der Waals surface area contributed by atoms with Crippen LogP contribution in [0.2, 0.25) is 0 Å². The van der Waals surface area contributed by atoms with E-state index in [0.717, 1.165) is 18.7 Å². The SMILES string of the molecule is COc1ccc(I)c2c1C[C@H]1NCC[C@@]2(C)C1(C)C.Cl. The number of hydrogen-bond donors (Lipinski definition) is 1. The van der Waals surface area contributed by atoms with Gasteiger partial charge in [0.05, 0.1) is 7.11 Å². The van der Waals surface area contributed by atoms with Crippen molar-refractivity contribution in [3.8, 4) is 5.75 Å². The zero-order valence-electron chi connectivity index (χ0n) is 12.5. The largest absolute Gasteiger partial charge is 0.496 e. The van der Waals surface area contributed by atoms with Gasteiger partial charge < -0.3 is 10.1 Å². The van der Waals surface area contributed by atoms with Gasteiger partial charge in [0.1, 0.15) is 5.75 Å². The molecule has 4 heteroatoms. The van der Waals surface area contributed by atoms with E-state index in [1.54, 1.807) is 7.11 Å². The second-order valence-corrected chi connectivity index (χ2v) is 7.78. The molecule has 1 aliphatic carbocycles. The highest BCUT2D eigenvalue weighted by Gasteiger charge is 2.54. The Hall–Kier alpha value is -0.000000000000000111. The summed E-state index contributed by atoms with van der Waals surface area (Å²) < 4.78 is 7.01. The highest BCUT2D eigenvalue weighted by molar-refractivity contribution is 14.1. The maximum Gasteiger partial charge on any atom is 0.122 e. The minimum absolute atomic E-state index is 0. The predicted octanol–water partition coefficient (Wildman–Crippen LogP) is 3.92. The molecule has 0 spiro atoms. The van der Waals surface area contributed by atoms with Crippen molar-refractivity contribution in [2.45, 2.75) is 45.1 Å². The third kappa shape index (κ3) is 2.00. The first-order valence-corrected chi connectivity index (χ1v) is 8.09. The van der Waals surface area contributed by atoms with E-state index in [2.05, 4.69) is 60.8 Å². The number of piperidine rings is 1. The molecule has 1 aliphatic heterocycles. The van der Waals surface area contributed by atoms with Crippen molar-refractivity contribution in [3.05, 3.63) is 26.8 Å². The first-order chi connectivity index (χ1) is 8.91. The van der Waals surface area contributed by atoms with Gasteiger partial charge in [-0.1, -0.05) is 20.8 Å². The van der Waals surface area contributed by atoms with Crippen molar-refractivity contribution in [3.63, 3.8) is 0 Å². The molecule has 3 rings (SSSR count). The summed E-state index contributed by atoms with van der Waals surface area (Å²) in [7, 11) is 1.79. The molecule has 0 aromatic heterocycles. The molecule has 0 amide bonds. The Labute approximate surface area is 141 Å². The smallest absolute Gasteiger partial charge is 0.122 e. The summed E-state index contributed by atoms with van der Waals surface area (Å²) in [6.45, 7) is 8.41. The molecule has 20 heavy (non-hydrogen) atoms. The van der Waals surface area contributed by atoms with E-state index in [4.69, 9.17) is 4.74 Å². The van der Waals surface area contributed by atoms with Gasteiger partial charge in [0.25, 0.3) is 0 Å². The van der Waals surface area contributed by atoms with Gasteiger partial charge in [-0.3, -0.25) is 0 Å². The highest BCUT2D eigenvalue weighted by atomic mass is 127. The lowest BCUT2D eigenvalue weighted by Crippen LogP contribution is -2.62. The maximum absolute atomic E-state index is 5.61. The molecular weight excluding hydrogens is 385 g/mol. The van der Waals surface area contributed by atoms with Crippen LogP contribution in [0, 0.1) is 8.99 Å². The van der Waals surface area contributed by atoms with Crippen LogP contribution in [0.3, 0.4) is 0 Å². The van der Waals surface area contributed by atoms with Gasteiger partial charge in [0.2, 0.25) is 0 Å². The molecule has 2 bridgehead atoms. The average molecular weight is 408 g/mol. The fraction of sp³-hybridized carbons (Fsp3) is 0.625. The first kappa shape index (κ1) is 16.4. The molecule has 1 aromatic rings. The molecule has 1 aromatic carbocycles. The van der Waals surface area contributed by atoms with Crippen LogP contribution in [-0.4, -0.2) is 19.7 Å². The van der Waals surface area contributed by atoms with Crippen molar-refractivity contribution in [2.75, 3.05) is 13.7 Å². The first-order valence-electron chi connectivity index (χ1n) is 7.01. The standard InChI is InChI=1S/C16H22INO.ClH/c1-15(2)13-9-10-12(19-4)6-5-11(17)14(10)16(15,3)7-8-18-13;/h5-6,13,18H,7-9H2,1-4H3;1H/t13-,16-;/m1./s1. The van der Waals surface area contributed by atoms with Gasteiger partial charge in [-0.15, -0.1) is 12.4 Å². The summed E-state index contributed by atoms with van der Waals surface area (Å²) in [5.74, 6) is 1.06. The van der Waals surface area contributed by atoms with Crippen LogP contribution in [-0.2, 0) is 11.8 Å². The van der Waals surface area contributed by atoms with Crippen LogP contribution in [0.15, 0.2) is 12.1 Å². The van der Waals surface area contributed by atoms with E-state index in [9.17, 15) is 0 Å². The second-order valence-electron chi connectivity index (χ2n) is 6.62. The second kappa shape index (κ2) is 5.33. The number of methoxy groups -OCH3 is 1. The van der Waals surface area contributed by atoms with Gasteiger partial charge in [-0.05, 0) is 65.1 Å². The summed E-state index contributed by atoms with van der Waals surface area (Å²) in [6, 6.07) is 4.88. The molecule has 1 N–H and O–H groups in total. The van der Waals surface area contributed by atoms with E-state index in [1.165, 1.54) is 21.1 Å². The molecule has 2 aliphatic rings. The van der Waals surface area contributed by atoms with Crippen LogP contribution >= 0.6 is 35.0 Å². The molecule has 2 nitrogen and oxygen atoms in total. The zero-order chi connectivity index (χ0) is 13.8. The Morgan fingerprint density at radius 1 is 1.30 bits per heavy atom. The van der Waals surface area contributed by atoms with E-state index in [0.29, 0.717) is 6.04 Å². The quantitative estimate of drug-likeness (QED) is 0.712. The Morgan fingerprint density at radius 3 is 2.65 bits per heavy atom. The molecule has 0 unspecified atom stereocenters. The molecular formula is C16H23ClINO. The number of rotatable bonds is 1. The summed E-state index contributed by atoms with van der Waals surface area (Å²) in [4.78, 5) is 0. The van der Waals surface area contributed by atoms with Crippen molar-refractivity contribution in [2.24, 2.45) is 5.41 Å². The predicted molar refractivity (Wildman–Crippen MR) is 94.2 cm³/mol. The lowest BCUT2D eigenvalue weighted by atomic mass is 9.51. The lowest BCUT2D eigenvalue weighted by Gasteiger charge is -2.58. The molecule has 1 heterocycles. The van der Waals surface area contributed by atoms with Gasteiger partial charge in [-0.2, -0.15) is 0 Å². The van der Waals surface area contributed by atoms with E-state index < -0.39 is 0 Å². The number of hydrogen-bond acceptors (Lipinski definition) is 2.